The highest BCUT2D eigenvalue weighted by Crippen LogP contribution is 2.29. The first kappa shape index (κ1) is 27.3. The van der Waals surface area contributed by atoms with E-state index in [1.807, 2.05) is 55.5 Å². The average Bonchev–Trinajstić information content (AvgIpc) is 3.23. The lowest BCUT2D eigenvalue weighted by Crippen LogP contribution is -2.41. The molecule has 2 aromatic carbocycles. The molecule has 8 heteroatoms. The van der Waals surface area contributed by atoms with Crippen molar-refractivity contribution in [2.45, 2.75) is 59.3 Å². The second-order valence-electron chi connectivity index (χ2n) is 10.2. The van der Waals surface area contributed by atoms with Crippen LogP contribution in [0.3, 0.4) is 0 Å². The fourth-order valence-corrected chi connectivity index (χ4v) is 3.89. The zero-order valence-electron chi connectivity index (χ0n) is 21.9. The van der Waals surface area contributed by atoms with Crippen LogP contribution in [0.5, 0.6) is 0 Å². The summed E-state index contributed by atoms with van der Waals surface area (Å²) in [6.07, 6.45) is 0.721. The minimum absolute atomic E-state index is 0.0949. The van der Waals surface area contributed by atoms with Gasteiger partial charge in [0.05, 0.1) is 16.4 Å². The highest BCUT2D eigenvalue weighted by atomic mass is 35.5. The zero-order chi connectivity index (χ0) is 26.5. The third-order valence-corrected chi connectivity index (χ3v) is 6.09. The fraction of sp³-hybridized carbons (Fsp3) is 0.393. The predicted octanol–water partition coefficient (Wildman–Crippen LogP) is 6.83. The molecule has 0 aliphatic carbocycles. The summed E-state index contributed by atoms with van der Waals surface area (Å²) >= 11 is 6.43. The quantitative estimate of drug-likeness (QED) is 0.349. The third-order valence-electron chi connectivity index (χ3n) is 5.77. The summed E-state index contributed by atoms with van der Waals surface area (Å²) in [6.45, 7) is 12.7. The number of para-hydroxylation sites is 1. The highest BCUT2D eigenvalue weighted by molar-refractivity contribution is 6.32. The molecule has 0 bridgehead atoms. The molecule has 3 rings (SSSR count). The summed E-state index contributed by atoms with van der Waals surface area (Å²) in [5.41, 5.74) is 3.13. The summed E-state index contributed by atoms with van der Waals surface area (Å²) < 4.78 is 1.64. The van der Waals surface area contributed by atoms with Gasteiger partial charge in [-0.05, 0) is 42.2 Å². The Balaban J connectivity index is 1.78. The number of nitrogens with one attached hydrogen (secondary N) is 2. The van der Waals surface area contributed by atoms with E-state index in [2.05, 4.69) is 45.3 Å². The smallest absolute Gasteiger partial charge is 0.315 e. The van der Waals surface area contributed by atoms with Crippen LogP contribution >= 0.6 is 11.6 Å². The number of aromatic nitrogens is 2. The van der Waals surface area contributed by atoms with E-state index < -0.39 is 0 Å². The van der Waals surface area contributed by atoms with Gasteiger partial charge in [-0.25, -0.2) is 9.48 Å². The van der Waals surface area contributed by atoms with Crippen molar-refractivity contribution in [1.82, 2.24) is 14.7 Å². The Hall–Kier alpha value is -3.32. The number of anilines is 2. The molecule has 0 spiro atoms. The molecule has 3 aromatic rings. The van der Waals surface area contributed by atoms with Crippen LogP contribution in [0.25, 0.3) is 5.69 Å². The summed E-state index contributed by atoms with van der Waals surface area (Å²) in [5, 5.41) is 11.1. The van der Waals surface area contributed by atoms with E-state index in [1.165, 1.54) is 10.5 Å². The van der Waals surface area contributed by atoms with Crippen molar-refractivity contribution in [3.8, 4) is 5.69 Å². The van der Waals surface area contributed by atoms with Crippen molar-refractivity contribution < 1.29 is 9.59 Å². The average molecular weight is 510 g/mol. The van der Waals surface area contributed by atoms with E-state index >= 15 is 0 Å². The van der Waals surface area contributed by atoms with Gasteiger partial charge >= 0.3 is 6.03 Å². The largest absolute Gasteiger partial charge is 0.322 e. The first-order valence-electron chi connectivity index (χ1n) is 12.3. The molecule has 36 heavy (non-hydrogen) atoms. The predicted molar refractivity (Wildman–Crippen MR) is 147 cm³/mol. The maximum absolute atomic E-state index is 13.1. The molecule has 0 aliphatic rings. The molecular formula is C28H36ClN5O2. The van der Waals surface area contributed by atoms with E-state index in [4.69, 9.17) is 16.7 Å². The minimum atomic E-state index is -0.320. The number of hydrogen-bond donors (Lipinski definition) is 2. The van der Waals surface area contributed by atoms with E-state index in [1.54, 1.807) is 10.7 Å². The SMILES string of the molecule is CCCN(CC(=O)Nc1cc(C(C)(C)C)nn1-c1ccccc1Cl)C(=O)Nc1ccc(C(C)C)cc1. The van der Waals surface area contributed by atoms with Gasteiger partial charge in [0, 0.05) is 23.7 Å². The normalized spacial score (nSPS) is 11.4. The number of carbonyl (C=O) groups excluding carboxylic acids is 2. The zero-order valence-corrected chi connectivity index (χ0v) is 22.7. The van der Waals surface area contributed by atoms with E-state index in [0.29, 0.717) is 34.7 Å². The second kappa shape index (κ2) is 11.6. The Labute approximate surface area is 218 Å². The lowest BCUT2D eigenvalue weighted by atomic mass is 9.92. The van der Waals surface area contributed by atoms with Crippen molar-refractivity contribution in [1.29, 1.82) is 0 Å². The Bertz CT molecular complexity index is 1200. The van der Waals surface area contributed by atoms with Gasteiger partial charge in [-0.1, -0.05) is 77.4 Å². The van der Waals surface area contributed by atoms with Crippen molar-refractivity contribution in [2.75, 3.05) is 23.7 Å². The van der Waals surface area contributed by atoms with Crippen LogP contribution in [0.4, 0.5) is 16.3 Å². The van der Waals surface area contributed by atoms with Gasteiger partial charge in [0.2, 0.25) is 5.91 Å². The molecule has 1 heterocycles. The highest BCUT2D eigenvalue weighted by Gasteiger charge is 2.23. The minimum Gasteiger partial charge on any atom is -0.315 e. The van der Waals surface area contributed by atoms with Crippen LogP contribution in [0, 0.1) is 0 Å². The Kier molecular flexibility index (Phi) is 8.79. The molecule has 3 amide bonds. The van der Waals surface area contributed by atoms with Gasteiger partial charge in [-0.3, -0.25) is 4.79 Å². The number of rotatable bonds is 8. The van der Waals surface area contributed by atoms with E-state index in [0.717, 1.165) is 12.1 Å². The molecule has 0 fully saturated rings. The van der Waals surface area contributed by atoms with Gasteiger partial charge in [-0.15, -0.1) is 0 Å². The Morgan fingerprint density at radius 1 is 1.06 bits per heavy atom. The van der Waals surface area contributed by atoms with Crippen molar-refractivity contribution in [2.24, 2.45) is 0 Å². The lowest BCUT2D eigenvalue weighted by Gasteiger charge is -2.22. The van der Waals surface area contributed by atoms with Crippen molar-refractivity contribution in [3.05, 3.63) is 70.9 Å². The molecule has 0 radical (unpaired) electrons. The van der Waals surface area contributed by atoms with Crippen molar-refractivity contribution >= 4 is 35.0 Å². The molecule has 2 N–H and O–H groups in total. The number of nitrogens with zero attached hydrogens (tertiary/aromatic N) is 3. The number of amides is 3. The number of halogens is 1. The van der Waals surface area contributed by atoms with Crippen molar-refractivity contribution in [3.63, 3.8) is 0 Å². The fourth-order valence-electron chi connectivity index (χ4n) is 3.68. The van der Waals surface area contributed by atoms with E-state index in [-0.39, 0.29) is 23.9 Å². The number of carbonyl (C=O) groups is 2. The maximum atomic E-state index is 13.1. The summed E-state index contributed by atoms with van der Waals surface area (Å²) in [7, 11) is 0. The van der Waals surface area contributed by atoms with Gasteiger partial charge < -0.3 is 15.5 Å². The van der Waals surface area contributed by atoms with Gasteiger partial charge in [-0.2, -0.15) is 5.10 Å². The first-order chi connectivity index (χ1) is 17.0. The molecule has 192 valence electrons. The first-order valence-corrected chi connectivity index (χ1v) is 12.7. The molecule has 0 aliphatic heterocycles. The molecule has 1 aromatic heterocycles. The monoisotopic (exact) mass is 509 g/mol. The van der Waals surface area contributed by atoms with Crippen LogP contribution < -0.4 is 10.6 Å². The third kappa shape index (κ3) is 6.88. The van der Waals surface area contributed by atoms with Gasteiger partial charge in [0.15, 0.2) is 0 Å². The van der Waals surface area contributed by atoms with Crippen LogP contribution in [0.15, 0.2) is 54.6 Å². The van der Waals surface area contributed by atoms with E-state index in [9.17, 15) is 9.59 Å². The van der Waals surface area contributed by atoms with Crippen LogP contribution in [0.2, 0.25) is 5.02 Å². The van der Waals surface area contributed by atoms with Crippen LogP contribution in [-0.4, -0.2) is 39.7 Å². The topological polar surface area (TPSA) is 79.3 Å². The number of urea groups is 1. The van der Waals surface area contributed by atoms with Crippen LogP contribution in [-0.2, 0) is 10.2 Å². The van der Waals surface area contributed by atoms with Gasteiger partial charge in [0.1, 0.15) is 12.4 Å². The molecule has 0 unspecified atom stereocenters. The second-order valence-corrected chi connectivity index (χ2v) is 10.6. The molecule has 0 atom stereocenters. The Morgan fingerprint density at radius 2 is 1.72 bits per heavy atom. The number of hydrogen-bond acceptors (Lipinski definition) is 3. The maximum Gasteiger partial charge on any atom is 0.322 e. The van der Waals surface area contributed by atoms with Crippen LogP contribution in [0.1, 0.15) is 65.1 Å². The molecule has 0 saturated carbocycles. The molecule has 7 nitrogen and oxygen atoms in total. The number of benzene rings is 2. The standard InChI is InChI=1S/C28H36ClN5O2/c1-7-16-33(27(36)30-21-14-12-20(13-15-21)19(2)3)18-26(35)31-25-17-24(28(4,5)6)32-34(25)23-11-9-8-10-22(23)29/h8-15,17,19H,7,16,18H2,1-6H3,(H,30,36)(H,31,35). The summed E-state index contributed by atoms with van der Waals surface area (Å²) in [6, 6.07) is 16.6. The summed E-state index contributed by atoms with van der Waals surface area (Å²) in [4.78, 5) is 27.6. The molecular weight excluding hydrogens is 474 g/mol. The summed E-state index contributed by atoms with van der Waals surface area (Å²) in [5.74, 6) is 0.592. The molecule has 0 saturated heterocycles. The lowest BCUT2D eigenvalue weighted by molar-refractivity contribution is -0.116. The Morgan fingerprint density at radius 3 is 2.31 bits per heavy atom. The van der Waals surface area contributed by atoms with Gasteiger partial charge in [0.25, 0.3) is 0 Å².